The number of benzene rings is 2. The Kier molecular flexibility index (Phi) is 4.35. The molecule has 0 aliphatic rings. The monoisotopic (exact) mass is 270 g/mol. The van der Waals surface area contributed by atoms with Crippen molar-refractivity contribution in [3.63, 3.8) is 0 Å². The van der Waals surface area contributed by atoms with Crippen molar-refractivity contribution in [2.75, 3.05) is 0 Å². The van der Waals surface area contributed by atoms with Gasteiger partial charge in [0.25, 0.3) is 0 Å². The highest BCUT2D eigenvalue weighted by molar-refractivity contribution is 6.02. The van der Waals surface area contributed by atoms with Crippen LogP contribution < -0.4 is 5.43 Å². The summed E-state index contributed by atoms with van der Waals surface area (Å²) in [7, 11) is 0. The summed E-state index contributed by atoms with van der Waals surface area (Å²) in [5.41, 5.74) is 3.08. The highest BCUT2D eigenvalue weighted by Gasteiger charge is 2.05. The lowest BCUT2D eigenvalue weighted by Crippen LogP contribution is -2.19. The van der Waals surface area contributed by atoms with E-state index in [0.717, 1.165) is 10.8 Å². The van der Waals surface area contributed by atoms with Crippen LogP contribution in [0.15, 0.2) is 41.5 Å². The first-order valence-corrected chi connectivity index (χ1v) is 6.60. The Balaban J connectivity index is 2.21. The van der Waals surface area contributed by atoms with Gasteiger partial charge in [0.05, 0.1) is 6.21 Å². The van der Waals surface area contributed by atoms with E-state index in [4.69, 9.17) is 0 Å². The first-order chi connectivity index (χ1) is 9.58. The van der Waals surface area contributed by atoms with Gasteiger partial charge in [-0.15, -0.1) is 0 Å². The molecule has 0 heterocycles. The summed E-state index contributed by atoms with van der Waals surface area (Å²) in [4.78, 5) is 11.5. The van der Waals surface area contributed by atoms with Gasteiger partial charge in [-0.3, -0.25) is 4.79 Å². The number of phenolic OH excluding ortho intramolecular Hbond substituents is 1. The maximum atomic E-state index is 11.5. The third kappa shape index (κ3) is 3.35. The van der Waals surface area contributed by atoms with E-state index in [9.17, 15) is 9.90 Å². The Morgan fingerprint density at radius 2 is 2.05 bits per heavy atom. The van der Waals surface area contributed by atoms with Crippen molar-refractivity contribution in [3.05, 3.63) is 42.0 Å². The summed E-state index contributed by atoms with van der Waals surface area (Å²) in [5, 5.41) is 15.7. The molecule has 0 aliphatic carbocycles. The number of nitrogens with zero attached hydrogens (tertiary/aromatic N) is 1. The molecule has 0 fully saturated rings. The number of carbonyl (C=O) groups is 1. The highest BCUT2D eigenvalue weighted by Crippen LogP contribution is 2.25. The molecule has 4 nitrogen and oxygen atoms in total. The summed E-state index contributed by atoms with van der Waals surface area (Å²) in [6.07, 6.45) is 1.91. The van der Waals surface area contributed by atoms with Crippen LogP contribution in [0.25, 0.3) is 10.8 Å². The van der Waals surface area contributed by atoms with Crippen molar-refractivity contribution in [2.24, 2.45) is 11.0 Å². The van der Waals surface area contributed by atoms with Crippen molar-refractivity contribution >= 4 is 22.9 Å². The Hall–Kier alpha value is -2.36. The van der Waals surface area contributed by atoms with Crippen molar-refractivity contribution < 1.29 is 9.90 Å². The summed E-state index contributed by atoms with van der Waals surface area (Å²) >= 11 is 0. The third-order valence-electron chi connectivity index (χ3n) is 2.92. The molecular formula is C16H18N2O2. The topological polar surface area (TPSA) is 61.7 Å². The summed E-state index contributed by atoms with van der Waals surface area (Å²) in [6, 6.07) is 11.2. The van der Waals surface area contributed by atoms with Crippen LogP contribution in [0, 0.1) is 5.92 Å². The van der Waals surface area contributed by atoms with Gasteiger partial charge in [-0.25, -0.2) is 5.43 Å². The predicted molar refractivity (Wildman–Crippen MR) is 80.8 cm³/mol. The van der Waals surface area contributed by atoms with Gasteiger partial charge in [0.1, 0.15) is 5.75 Å². The van der Waals surface area contributed by atoms with Gasteiger partial charge in [0.15, 0.2) is 0 Å². The number of phenols is 1. The number of hydrazone groups is 1. The van der Waals surface area contributed by atoms with Crippen molar-refractivity contribution in [2.45, 2.75) is 20.3 Å². The number of amides is 1. The molecule has 0 aliphatic heterocycles. The van der Waals surface area contributed by atoms with E-state index in [0.29, 0.717) is 12.0 Å². The van der Waals surface area contributed by atoms with Gasteiger partial charge in [0.2, 0.25) is 5.91 Å². The molecule has 0 spiro atoms. The molecule has 2 aromatic carbocycles. The van der Waals surface area contributed by atoms with Crippen LogP contribution in [0.2, 0.25) is 0 Å². The molecule has 0 bridgehead atoms. The number of rotatable bonds is 4. The molecular weight excluding hydrogens is 252 g/mol. The molecule has 0 unspecified atom stereocenters. The quantitative estimate of drug-likeness (QED) is 0.662. The second-order valence-electron chi connectivity index (χ2n) is 5.11. The highest BCUT2D eigenvalue weighted by atomic mass is 16.3. The maximum Gasteiger partial charge on any atom is 0.240 e. The molecule has 20 heavy (non-hydrogen) atoms. The standard InChI is InChI=1S/C16H18N2O2/c1-11(2)9-16(20)18-17-10-14-13-6-4-3-5-12(13)7-8-15(14)19/h3-8,10-11,19H,9H2,1-2H3,(H,18,20). The number of fused-ring (bicyclic) bond motifs is 1. The van der Waals surface area contributed by atoms with Crippen molar-refractivity contribution in [1.82, 2.24) is 5.43 Å². The SMILES string of the molecule is CC(C)CC(=O)NN=Cc1c(O)ccc2ccccc12. The van der Waals surface area contributed by atoms with E-state index in [1.807, 2.05) is 44.2 Å². The van der Waals surface area contributed by atoms with Crippen LogP contribution in [0.1, 0.15) is 25.8 Å². The Labute approximate surface area is 118 Å². The molecule has 2 N–H and O–H groups in total. The van der Waals surface area contributed by atoms with E-state index >= 15 is 0 Å². The van der Waals surface area contributed by atoms with E-state index in [-0.39, 0.29) is 17.6 Å². The lowest BCUT2D eigenvalue weighted by Gasteiger charge is -2.05. The summed E-state index contributed by atoms with van der Waals surface area (Å²) in [5.74, 6) is 0.303. The molecule has 1 amide bonds. The number of carbonyl (C=O) groups excluding carboxylic acids is 1. The lowest BCUT2D eigenvalue weighted by molar-refractivity contribution is -0.121. The normalized spacial score (nSPS) is 11.3. The second-order valence-corrected chi connectivity index (χ2v) is 5.11. The molecule has 2 aromatic rings. The zero-order valence-electron chi connectivity index (χ0n) is 11.6. The van der Waals surface area contributed by atoms with Gasteiger partial charge in [-0.1, -0.05) is 44.2 Å². The first kappa shape index (κ1) is 14.1. The Morgan fingerprint density at radius 1 is 1.30 bits per heavy atom. The van der Waals surface area contributed by atoms with Gasteiger partial charge < -0.3 is 5.11 Å². The second kappa shape index (κ2) is 6.19. The molecule has 0 saturated heterocycles. The molecule has 0 aromatic heterocycles. The molecule has 4 heteroatoms. The van der Waals surface area contributed by atoms with Crippen LogP contribution in [0.4, 0.5) is 0 Å². The zero-order valence-corrected chi connectivity index (χ0v) is 11.6. The van der Waals surface area contributed by atoms with Crippen molar-refractivity contribution in [1.29, 1.82) is 0 Å². The number of hydrogen-bond donors (Lipinski definition) is 2. The number of aromatic hydroxyl groups is 1. The Morgan fingerprint density at radius 3 is 2.80 bits per heavy atom. The summed E-state index contributed by atoms with van der Waals surface area (Å²) < 4.78 is 0. The van der Waals surface area contributed by atoms with Crippen LogP contribution in [0.3, 0.4) is 0 Å². The Bertz CT molecular complexity index is 648. The average molecular weight is 270 g/mol. The summed E-state index contributed by atoms with van der Waals surface area (Å²) in [6.45, 7) is 3.94. The maximum absolute atomic E-state index is 11.5. The fraction of sp³-hybridized carbons (Fsp3) is 0.250. The average Bonchev–Trinajstić information content (AvgIpc) is 2.40. The molecule has 0 atom stereocenters. The van der Waals surface area contributed by atoms with E-state index in [1.54, 1.807) is 6.07 Å². The molecule has 104 valence electrons. The zero-order chi connectivity index (χ0) is 14.5. The smallest absolute Gasteiger partial charge is 0.240 e. The number of hydrogen-bond acceptors (Lipinski definition) is 3. The van der Waals surface area contributed by atoms with Gasteiger partial charge in [-0.05, 0) is 22.8 Å². The fourth-order valence-corrected chi connectivity index (χ4v) is 2.01. The minimum absolute atomic E-state index is 0.129. The van der Waals surface area contributed by atoms with E-state index in [2.05, 4.69) is 10.5 Å². The van der Waals surface area contributed by atoms with Crippen molar-refractivity contribution in [3.8, 4) is 5.75 Å². The van der Waals surface area contributed by atoms with Crippen LogP contribution in [-0.4, -0.2) is 17.2 Å². The molecule has 2 rings (SSSR count). The lowest BCUT2D eigenvalue weighted by atomic mass is 10.0. The third-order valence-corrected chi connectivity index (χ3v) is 2.92. The minimum atomic E-state index is -0.129. The molecule has 0 saturated carbocycles. The van der Waals surface area contributed by atoms with Gasteiger partial charge in [-0.2, -0.15) is 5.10 Å². The van der Waals surface area contributed by atoms with Crippen LogP contribution >= 0.6 is 0 Å². The van der Waals surface area contributed by atoms with Gasteiger partial charge in [0, 0.05) is 12.0 Å². The molecule has 0 radical (unpaired) electrons. The predicted octanol–water partition coefficient (Wildman–Crippen LogP) is 3.04. The van der Waals surface area contributed by atoms with Crippen LogP contribution in [0.5, 0.6) is 5.75 Å². The number of nitrogens with one attached hydrogen (secondary N) is 1. The van der Waals surface area contributed by atoms with E-state index < -0.39 is 0 Å². The fourth-order valence-electron chi connectivity index (χ4n) is 2.01. The largest absolute Gasteiger partial charge is 0.507 e. The minimum Gasteiger partial charge on any atom is -0.507 e. The van der Waals surface area contributed by atoms with Crippen LogP contribution in [-0.2, 0) is 4.79 Å². The van der Waals surface area contributed by atoms with Gasteiger partial charge >= 0.3 is 0 Å². The van der Waals surface area contributed by atoms with E-state index in [1.165, 1.54) is 6.21 Å². The first-order valence-electron chi connectivity index (χ1n) is 6.60.